The molecule has 8 nitrogen and oxygen atoms in total. The number of nitrogens with zero attached hydrogens (tertiary/aromatic N) is 2. The number of alkyl halides is 1. The van der Waals surface area contributed by atoms with Gasteiger partial charge in [0.1, 0.15) is 17.2 Å². The molecule has 53 heavy (non-hydrogen) atoms. The van der Waals surface area contributed by atoms with Crippen LogP contribution in [0.1, 0.15) is 76.3 Å². The molecule has 1 saturated carbocycles. The van der Waals surface area contributed by atoms with Crippen molar-refractivity contribution in [2.45, 2.75) is 82.9 Å². The number of aliphatic carboxylic acids is 1. The van der Waals surface area contributed by atoms with E-state index in [9.17, 15) is 9.90 Å². The predicted molar refractivity (Wildman–Crippen MR) is 218 cm³/mol. The highest BCUT2D eigenvalue weighted by atomic mass is 127. The summed E-state index contributed by atoms with van der Waals surface area (Å²) < 4.78 is 24.6. The molecular weight excluding hydrogens is 779 g/mol. The molecule has 1 N–H and O–H groups in total. The van der Waals surface area contributed by atoms with E-state index in [4.69, 9.17) is 23.3 Å². The van der Waals surface area contributed by atoms with Crippen LogP contribution in [0.4, 0.5) is 0 Å². The van der Waals surface area contributed by atoms with Crippen molar-refractivity contribution in [3.05, 3.63) is 108 Å². The largest absolute Gasteiger partial charge is 0.479 e. The van der Waals surface area contributed by atoms with Gasteiger partial charge in [0.15, 0.2) is 5.60 Å². The Kier molecular flexibility index (Phi) is 13.0. The highest BCUT2D eigenvalue weighted by Gasteiger charge is 2.31. The number of aryl methyl sites for hydroxylation is 2. The number of carboxylic acids is 1. The average molecular weight is 829 g/mol. The molecule has 0 unspecified atom stereocenters. The molecule has 2 heterocycles. The van der Waals surface area contributed by atoms with Crippen LogP contribution in [0.3, 0.4) is 0 Å². The van der Waals surface area contributed by atoms with Crippen LogP contribution < -0.4 is 0 Å². The van der Waals surface area contributed by atoms with Crippen molar-refractivity contribution < 1.29 is 28.2 Å². The molecule has 2 atom stereocenters. The lowest BCUT2D eigenvalue weighted by Crippen LogP contribution is -2.37. The molecule has 1 aliphatic carbocycles. The monoisotopic (exact) mass is 828 g/mol. The summed E-state index contributed by atoms with van der Waals surface area (Å²) in [6.07, 6.45) is 5.97. The number of rotatable bonds is 13. The van der Waals surface area contributed by atoms with Crippen molar-refractivity contribution in [3.8, 4) is 22.9 Å². The number of fused-ring (bicyclic) bond motifs is 2. The molecule has 1 fully saturated rings. The number of ether oxygens (including phenoxy) is 2. The van der Waals surface area contributed by atoms with Gasteiger partial charge in [-0.3, -0.25) is 0 Å². The molecule has 7 rings (SSSR count). The first-order valence-electron chi connectivity index (χ1n) is 18.6. The third-order valence-corrected chi connectivity index (χ3v) is 10.7. The maximum atomic E-state index is 11.3. The van der Waals surface area contributed by atoms with Gasteiger partial charge in [-0.1, -0.05) is 104 Å². The number of carbonyl (C=O) groups is 1. The number of benzene rings is 4. The Bertz CT molecular complexity index is 2110. The third-order valence-electron chi connectivity index (χ3n) is 10.00. The van der Waals surface area contributed by atoms with Gasteiger partial charge in [-0.25, -0.2) is 14.8 Å². The lowest BCUT2D eigenvalue weighted by Gasteiger charge is -2.31. The second-order valence-corrected chi connectivity index (χ2v) is 15.0. The fourth-order valence-corrected chi connectivity index (χ4v) is 7.44. The predicted octanol–water partition coefficient (Wildman–Crippen LogP) is 11.3. The Hall–Kier alpha value is -4.06. The van der Waals surface area contributed by atoms with Gasteiger partial charge in [-0.05, 0) is 90.8 Å². The number of carboxylic acid groups (broad SMARTS) is 1. The quantitative estimate of drug-likeness (QED) is 0.0906. The van der Waals surface area contributed by atoms with Crippen molar-refractivity contribution in [1.82, 2.24) is 9.97 Å². The number of oxazole rings is 2. The van der Waals surface area contributed by atoms with Crippen LogP contribution in [0, 0.1) is 11.8 Å². The van der Waals surface area contributed by atoms with Crippen LogP contribution in [0.25, 0.3) is 44.5 Å². The molecular formula is C44H49IN2O6. The second kappa shape index (κ2) is 17.8. The van der Waals surface area contributed by atoms with E-state index >= 15 is 0 Å². The van der Waals surface area contributed by atoms with Crippen LogP contribution in [0.2, 0.25) is 0 Å². The van der Waals surface area contributed by atoms with Gasteiger partial charge in [0, 0.05) is 35.0 Å². The zero-order chi connectivity index (χ0) is 37.4. The van der Waals surface area contributed by atoms with Crippen molar-refractivity contribution in [3.63, 3.8) is 0 Å². The highest BCUT2D eigenvalue weighted by Crippen LogP contribution is 2.32. The molecule has 0 amide bonds. The van der Waals surface area contributed by atoms with E-state index in [1.54, 1.807) is 13.8 Å². The van der Waals surface area contributed by atoms with Crippen LogP contribution in [0.15, 0.2) is 93.8 Å². The number of hydrogen-bond donors (Lipinski definition) is 1. The first kappa shape index (κ1) is 38.7. The van der Waals surface area contributed by atoms with Gasteiger partial charge < -0.3 is 23.4 Å². The topological polar surface area (TPSA) is 108 Å². The fourth-order valence-electron chi connectivity index (χ4n) is 6.84. The summed E-state index contributed by atoms with van der Waals surface area (Å²) in [5, 5.41) is 14.1. The number of halogens is 1. The molecule has 0 aliphatic heterocycles. The minimum atomic E-state index is -1.14. The lowest BCUT2D eigenvalue weighted by atomic mass is 9.82. The SMILES string of the molecule is CCc1oc(-c2ccc3ccccc3c2)nc1CI.CCc1oc(-c2ccc3ccccc3c2)nc1COC[C@H]1CCC[C@@H](COC(C)(C)C(=O)O)C1. The van der Waals surface area contributed by atoms with Gasteiger partial charge in [-0.15, -0.1) is 0 Å². The number of hydrogen-bond acceptors (Lipinski definition) is 7. The molecule has 278 valence electrons. The molecule has 0 saturated heterocycles. The van der Waals surface area contributed by atoms with Crippen LogP contribution >= 0.6 is 22.6 Å². The van der Waals surface area contributed by atoms with E-state index in [1.807, 2.05) is 18.2 Å². The smallest absolute Gasteiger partial charge is 0.335 e. The summed E-state index contributed by atoms with van der Waals surface area (Å²) >= 11 is 2.33. The minimum Gasteiger partial charge on any atom is -0.479 e. The standard InChI is InChI=1S/C28H35NO5.C16H14INO/c1-4-25-24(29-26(34-25)23-13-12-21-10-5-6-11-22(21)15-23)18-32-16-19-8-7-9-20(14-19)17-33-28(2,3)27(30)31;1-2-15-14(10-17)18-16(19-15)13-8-7-11-5-3-4-6-12(11)9-13/h5-6,10-13,15,19-20H,4,7-9,14,16-18H2,1-3H3,(H,30,31);3-9H,2,10H2,1H3/t19-,20+;/m0./s1. The van der Waals surface area contributed by atoms with Gasteiger partial charge in [0.25, 0.3) is 0 Å². The molecule has 1 aliphatic rings. The Labute approximate surface area is 325 Å². The first-order valence-corrected chi connectivity index (χ1v) is 20.2. The minimum absolute atomic E-state index is 0.374. The van der Waals surface area contributed by atoms with Crippen LogP contribution in [-0.2, 0) is 38.1 Å². The maximum absolute atomic E-state index is 11.3. The molecule has 0 bridgehead atoms. The van der Waals surface area contributed by atoms with Crippen molar-refractivity contribution >= 4 is 50.1 Å². The molecule has 0 radical (unpaired) electrons. The Balaban J connectivity index is 0.000000213. The van der Waals surface area contributed by atoms with E-state index in [2.05, 4.69) is 108 Å². The second-order valence-electron chi connectivity index (χ2n) is 14.3. The number of aromatic nitrogens is 2. The lowest BCUT2D eigenvalue weighted by molar-refractivity contribution is -0.163. The summed E-state index contributed by atoms with van der Waals surface area (Å²) in [4.78, 5) is 20.6. The fraction of sp³-hybridized carbons (Fsp3) is 0.386. The van der Waals surface area contributed by atoms with Crippen LogP contribution in [0.5, 0.6) is 0 Å². The summed E-state index contributed by atoms with van der Waals surface area (Å²) in [5.41, 5.74) is 2.80. The van der Waals surface area contributed by atoms with E-state index in [0.29, 0.717) is 37.5 Å². The maximum Gasteiger partial charge on any atom is 0.335 e. The molecule has 2 aromatic heterocycles. The normalized spacial score (nSPS) is 16.1. The summed E-state index contributed by atoms with van der Waals surface area (Å²) in [5.74, 6) is 3.13. The Morgan fingerprint density at radius 1 is 0.774 bits per heavy atom. The van der Waals surface area contributed by atoms with E-state index < -0.39 is 11.6 Å². The zero-order valence-electron chi connectivity index (χ0n) is 31.1. The van der Waals surface area contributed by atoms with Crippen molar-refractivity contribution in [2.24, 2.45) is 11.8 Å². The highest BCUT2D eigenvalue weighted by molar-refractivity contribution is 14.1. The molecule has 4 aromatic carbocycles. The van der Waals surface area contributed by atoms with E-state index in [-0.39, 0.29) is 0 Å². The zero-order valence-corrected chi connectivity index (χ0v) is 33.2. The summed E-state index contributed by atoms with van der Waals surface area (Å²) in [6.45, 7) is 8.96. The van der Waals surface area contributed by atoms with E-state index in [0.717, 1.165) is 88.3 Å². The van der Waals surface area contributed by atoms with Gasteiger partial charge in [0.05, 0.1) is 18.9 Å². The average Bonchev–Trinajstić information content (AvgIpc) is 3.81. The first-order chi connectivity index (χ1) is 25.7. The molecule has 6 aromatic rings. The van der Waals surface area contributed by atoms with Crippen LogP contribution in [-0.4, -0.2) is 39.9 Å². The van der Waals surface area contributed by atoms with Gasteiger partial charge in [-0.2, -0.15) is 0 Å². The third kappa shape index (κ3) is 9.74. The summed E-state index contributed by atoms with van der Waals surface area (Å²) in [7, 11) is 0. The summed E-state index contributed by atoms with van der Waals surface area (Å²) in [6, 6.07) is 29.2. The van der Waals surface area contributed by atoms with Crippen molar-refractivity contribution in [2.75, 3.05) is 13.2 Å². The Morgan fingerprint density at radius 2 is 1.28 bits per heavy atom. The molecule has 0 spiro atoms. The van der Waals surface area contributed by atoms with Gasteiger partial charge in [0.2, 0.25) is 11.8 Å². The molecule has 9 heteroatoms. The Morgan fingerprint density at radius 3 is 1.79 bits per heavy atom. The van der Waals surface area contributed by atoms with Gasteiger partial charge >= 0.3 is 5.97 Å². The van der Waals surface area contributed by atoms with E-state index in [1.165, 1.54) is 16.2 Å². The van der Waals surface area contributed by atoms with Crippen molar-refractivity contribution in [1.29, 1.82) is 0 Å².